The largest absolute Gasteiger partial charge is 0.350 e. The van der Waals surface area contributed by atoms with Crippen molar-refractivity contribution in [1.82, 2.24) is 10.6 Å². The number of rotatable bonds is 9. The van der Waals surface area contributed by atoms with E-state index in [1.807, 2.05) is 36.6 Å². The van der Waals surface area contributed by atoms with Crippen LogP contribution < -0.4 is 10.6 Å². The molecule has 0 spiro atoms. The van der Waals surface area contributed by atoms with E-state index in [1.54, 1.807) is 11.8 Å². The molecule has 0 saturated heterocycles. The first-order valence-corrected chi connectivity index (χ1v) is 11.5. The first-order chi connectivity index (χ1) is 13.0. The van der Waals surface area contributed by atoms with Gasteiger partial charge in [0.15, 0.2) is 0 Å². The molecular weight excluding hydrogens is 356 g/mol. The predicted octanol–water partition coefficient (Wildman–Crippen LogP) is 4.00. The van der Waals surface area contributed by atoms with Gasteiger partial charge in [-0.1, -0.05) is 44.2 Å². The lowest BCUT2D eigenvalue weighted by molar-refractivity contribution is -0.132. The van der Waals surface area contributed by atoms with E-state index >= 15 is 0 Å². The van der Waals surface area contributed by atoms with Crippen LogP contribution in [0.5, 0.6) is 0 Å². The van der Waals surface area contributed by atoms with Crippen molar-refractivity contribution in [3.63, 3.8) is 0 Å². The quantitative estimate of drug-likeness (QED) is 0.670. The summed E-state index contributed by atoms with van der Waals surface area (Å²) in [6.45, 7) is 5.02. The molecule has 4 nitrogen and oxygen atoms in total. The van der Waals surface area contributed by atoms with Crippen LogP contribution in [0.4, 0.5) is 0 Å². The summed E-state index contributed by atoms with van der Waals surface area (Å²) >= 11 is 1.70. The lowest BCUT2D eigenvalue weighted by atomic mass is 9.76. The summed E-state index contributed by atoms with van der Waals surface area (Å²) in [7, 11) is 0. The molecular formula is C22H34N2O2S. The van der Waals surface area contributed by atoms with Gasteiger partial charge in [-0.05, 0) is 61.5 Å². The number of benzene rings is 1. The van der Waals surface area contributed by atoms with Crippen LogP contribution in [0.1, 0.15) is 51.5 Å². The molecule has 0 bridgehead atoms. The number of hydrogen-bond acceptors (Lipinski definition) is 3. The Morgan fingerprint density at radius 3 is 2.37 bits per heavy atom. The highest BCUT2D eigenvalue weighted by atomic mass is 32.2. The summed E-state index contributed by atoms with van der Waals surface area (Å²) in [6, 6.07) is 9.41. The van der Waals surface area contributed by atoms with Gasteiger partial charge in [0.2, 0.25) is 11.8 Å². The maximum absolute atomic E-state index is 12.7. The zero-order chi connectivity index (χ0) is 19.6. The standard InChI is InChI=1S/C22H34N2O2S/c1-16(2)18-9-11-19(12-10-18)21(25)24-20(13-14-27-3)22(26)23-15-17-7-5-4-6-8-17/h4-8,16,18-20H,9-15H2,1-3H3,(H,23,26)(H,24,25). The minimum absolute atomic E-state index is 0.0539. The maximum Gasteiger partial charge on any atom is 0.242 e. The Balaban J connectivity index is 1.87. The topological polar surface area (TPSA) is 58.2 Å². The number of amides is 2. The summed E-state index contributed by atoms with van der Waals surface area (Å²) in [5.41, 5.74) is 1.06. The molecule has 0 radical (unpaired) electrons. The van der Waals surface area contributed by atoms with Gasteiger partial charge in [-0.15, -0.1) is 0 Å². The number of hydrogen-bond donors (Lipinski definition) is 2. The summed E-state index contributed by atoms with van der Waals surface area (Å²) < 4.78 is 0. The van der Waals surface area contributed by atoms with Crippen LogP contribution in [0.3, 0.4) is 0 Å². The van der Waals surface area contributed by atoms with Crippen molar-refractivity contribution in [3.8, 4) is 0 Å². The third kappa shape index (κ3) is 7.21. The van der Waals surface area contributed by atoms with Gasteiger partial charge in [-0.25, -0.2) is 0 Å². The number of carbonyl (C=O) groups is 2. The molecule has 2 N–H and O–H groups in total. The lowest BCUT2D eigenvalue weighted by Gasteiger charge is -2.31. The Morgan fingerprint density at radius 2 is 1.78 bits per heavy atom. The molecule has 2 rings (SSSR count). The van der Waals surface area contributed by atoms with E-state index in [9.17, 15) is 9.59 Å². The first-order valence-electron chi connectivity index (χ1n) is 10.1. The molecule has 1 aliphatic rings. The van der Waals surface area contributed by atoms with Gasteiger partial charge in [0.05, 0.1) is 0 Å². The number of nitrogens with one attached hydrogen (secondary N) is 2. The van der Waals surface area contributed by atoms with Crippen molar-refractivity contribution >= 4 is 23.6 Å². The smallest absolute Gasteiger partial charge is 0.242 e. The summed E-state index contributed by atoms with van der Waals surface area (Å²) in [5, 5.41) is 6.01. The highest BCUT2D eigenvalue weighted by Gasteiger charge is 2.30. The predicted molar refractivity (Wildman–Crippen MR) is 114 cm³/mol. The van der Waals surface area contributed by atoms with Crippen molar-refractivity contribution < 1.29 is 9.59 Å². The van der Waals surface area contributed by atoms with E-state index < -0.39 is 6.04 Å². The summed E-state index contributed by atoms with van der Waals surface area (Å²) in [5.74, 6) is 2.29. The van der Waals surface area contributed by atoms with Gasteiger partial charge >= 0.3 is 0 Å². The van der Waals surface area contributed by atoms with Crippen LogP contribution >= 0.6 is 11.8 Å². The van der Waals surface area contributed by atoms with Gasteiger partial charge in [-0.3, -0.25) is 9.59 Å². The monoisotopic (exact) mass is 390 g/mol. The second kappa shape index (κ2) is 11.4. The number of carbonyl (C=O) groups excluding carboxylic acids is 2. The van der Waals surface area contributed by atoms with Crippen LogP contribution in [-0.2, 0) is 16.1 Å². The van der Waals surface area contributed by atoms with Crippen molar-refractivity contribution in [2.75, 3.05) is 12.0 Å². The molecule has 1 saturated carbocycles. The Kier molecular flexibility index (Phi) is 9.19. The first kappa shape index (κ1) is 21.8. The molecule has 1 unspecified atom stereocenters. The van der Waals surface area contributed by atoms with Crippen LogP contribution in [0, 0.1) is 17.8 Å². The molecule has 1 aromatic carbocycles. The second-order valence-corrected chi connectivity index (χ2v) is 8.89. The van der Waals surface area contributed by atoms with E-state index in [0.29, 0.717) is 18.9 Å². The Hall–Kier alpha value is -1.49. The average Bonchev–Trinajstić information content (AvgIpc) is 2.70. The normalized spacial score (nSPS) is 20.9. The second-order valence-electron chi connectivity index (χ2n) is 7.90. The molecule has 0 aliphatic heterocycles. The molecule has 0 aromatic heterocycles. The van der Waals surface area contributed by atoms with Crippen LogP contribution in [0.2, 0.25) is 0 Å². The van der Waals surface area contributed by atoms with Crippen LogP contribution in [0.15, 0.2) is 30.3 Å². The van der Waals surface area contributed by atoms with E-state index in [2.05, 4.69) is 24.5 Å². The Morgan fingerprint density at radius 1 is 1.11 bits per heavy atom. The van der Waals surface area contributed by atoms with Crippen molar-refractivity contribution in [2.45, 2.75) is 58.5 Å². The SMILES string of the molecule is CSCCC(NC(=O)C1CCC(C(C)C)CC1)C(=O)NCc1ccccc1. The van der Waals surface area contributed by atoms with Crippen molar-refractivity contribution in [3.05, 3.63) is 35.9 Å². The van der Waals surface area contributed by atoms with E-state index in [1.165, 1.54) is 0 Å². The van der Waals surface area contributed by atoms with Gasteiger partial charge < -0.3 is 10.6 Å². The van der Waals surface area contributed by atoms with Crippen LogP contribution in [0.25, 0.3) is 0 Å². The van der Waals surface area contributed by atoms with Gasteiger partial charge in [0.1, 0.15) is 6.04 Å². The van der Waals surface area contributed by atoms with Crippen molar-refractivity contribution in [1.29, 1.82) is 0 Å². The van der Waals surface area contributed by atoms with E-state index in [-0.39, 0.29) is 17.7 Å². The Labute approximate surface area is 168 Å². The molecule has 5 heteroatoms. The van der Waals surface area contributed by atoms with Gasteiger partial charge in [0, 0.05) is 12.5 Å². The summed E-state index contributed by atoms with van der Waals surface area (Å²) in [6.07, 6.45) is 6.80. The molecule has 0 heterocycles. The highest BCUT2D eigenvalue weighted by Crippen LogP contribution is 2.33. The Bertz CT molecular complexity index is 583. The zero-order valence-electron chi connectivity index (χ0n) is 16.9. The summed E-state index contributed by atoms with van der Waals surface area (Å²) in [4.78, 5) is 25.4. The minimum Gasteiger partial charge on any atom is -0.350 e. The fourth-order valence-electron chi connectivity index (χ4n) is 3.75. The van der Waals surface area contributed by atoms with E-state index in [0.717, 1.165) is 42.9 Å². The lowest BCUT2D eigenvalue weighted by Crippen LogP contribution is -2.49. The fourth-order valence-corrected chi connectivity index (χ4v) is 4.22. The number of thioether (sulfide) groups is 1. The molecule has 1 atom stereocenters. The third-order valence-electron chi connectivity index (χ3n) is 5.64. The van der Waals surface area contributed by atoms with E-state index in [4.69, 9.17) is 0 Å². The molecule has 150 valence electrons. The highest BCUT2D eigenvalue weighted by molar-refractivity contribution is 7.98. The van der Waals surface area contributed by atoms with Crippen LogP contribution in [-0.4, -0.2) is 29.9 Å². The van der Waals surface area contributed by atoms with Gasteiger partial charge in [0.25, 0.3) is 0 Å². The third-order valence-corrected chi connectivity index (χ3v) is 6.28. The fraction of sp³-hybridized carbons (Fsp3) is 0.636. The maximum atomic E-state index is 12.7. The molecule has 27 heavy (non-hydrogen) atoms. The van der Waals surface area contributed by atoms with Gasteiger partial charge in [-0.2, -0.15) is 11.8 Å². The molecule has 1 fully saturated rings. The van der Waals surface area contributed by atoms with Crippen molar-refractivity contribution in [2.24, 2.45) is 17.8 Å². The zero-order valence-corrected chi connectivity index (χ0v) is 17.7. The average molecular weight is 391 g/mol. The molecule has 2 amide bonds. The minimum atomic E-state index is -0.448. The molecule has 1 aromatic rings. The molecule has 1 aliphatic carbocycles.